The van der Waals surface area contributed by atoms with E-state index in [2.05, 4.69) is 10.4 Å². The molecule has 20 heavy (non-hydrogen) atoms. The van der Waals surface area contributed by atoms with Crippen molar-refractivity contribution in [1.29, 1.82) is 0 Å². The predicted octanol–water partition coefficient (Wildman–Crippen LogP) is 2.31. The fourth-order valence-corrected chi connectivity index (χ4v) is 1.70. The molecule has 0 aliphatic heterocycles. The predicted molar refractivity (Wildman–Crippen MR) is 78.0 cm³/mol. The second kappa shape index (κ2) is 5.64. The monoisotopic (exact) mass is 274 g/mol. The first-order valence-electron chi connectivity index (χ1n) is 6.31. The van der Waals surface area contributed by atoms with Gasteiger partial charge in [-0.05, 0) is 32.0 Å². The van der Waals surface area contributed by atoms with Crippen molar-refractivity contribution in [3.63, 3.8) is 0 Å². The van der Waals surface area contributed by atoms with E-state index in [4.69, 9.17) is 10.5 Å². The van der Waals surface area contributed by atoms with Gasteiger partial charge in [0.15, 0.2) is 5.69 Å². The first-order valence-corrected chi connectivity index (χ1v) is 6.31. The van der Waals surface area contributed by atoms with E-state index in [0.717, 1.165) is 0 Å². The minimum absolute atomic E-state index is 0.207. The Morgan fingerprint density at radius 2 is 2.15 bits per heavy atom. The molecule has 1 amide bonds. The molecule has 2 aromatic rings. The quantitative estimate of drug-likeness (QED) is 0.838. The highest BCUT2D eigenvalue weighted by Crippen LogP contribution is 2.24. The number of carbonyl (C=O) groups is 1. The standard InChI is InChI=1S/C14H18N4O2/c1-9(2)18-7-6-12(17-18)14(19)16-13-8-10(20-3)4-5-11(13)15/h4-9H,15H2,1-3H3,(H,16,19). The van der Waals surface area contributed by atoms with Crippen LogP contribution in [0.25, 0.3) is 0 Å². The second-order valence-corrected chi connectivity index (χ2v) is 4.68. The van der Waals surface area contributed by atoms with Crippen molar-refractivity contribution in [2.45, 2.75) is 19.9 Å². The number of rotatable bonds is 4. The summed E-state index contributed by atoms with van der Waals surface area (Å²) in [5.74, 6) is 0.326. The Bertz CT molecular complexity index is 619. The molecule has 1 aromatic carbocycles. The van der Waals surface area contributed by atoms with Crippen molar-refractivity contribution < 1.29 is 9.53 Å². The van der Waals surface area contributed by atoms with Gasteiger partial charge in [-0.2, -0.15) is 5.10 Å². The second-order valence-electron chi connectivity index (χ2n) is 4.68. The fraction of sp³-hybridized carbons (Fsp3) is 0.286. The van der Waals surface area contributed by atoms with Crippen LogP contribution in [0, 0.1) is 0 Å². The number of methoxy groups -OCH3 is 1. The summed E-state index contributed by atoms with van der Waals surface area (Å²) in [4.78, 5) is 12.1. The Morgan fingerprint density at radius 3 is 2.75 bits per heavy atom. The molecule has 3 N–H and O–H groups in total. The molecule has 0 radical (unpaired) electrons. The van der Waals surface area contributed by atoms with Crippen molar-refractivity contribution in [1.82, 2.24) is 9.78 Å². The van der Waals surface area contributed by atoms with Crippen LogP contribution in [0.5, 0.6) is 5.75 Å². The van der Waals surface area contributed by atoms with E-state index in [0.29, 0.717) is 22.8 Å². The number of nitrogen functional groups attached to an aromatic ring is 1. The molecule has 0 saturated carbocycles. The number of nitrogens with two attached hydrogens (primary N) is 1. The summed E-state index contributed by atoms with van der Waals surface area (Å²) in [6, 6.07) is 6.97. The van der Waals surface area contributed by atoms with Gasteiger partial charge in [0.25, 0.3) is 5.91 Å². The summed E-state index contributed by atoms with van der Waals surface area (Å²) in [5, 5.41) is 6.94. The summed E-state index contributed by atoms with van der Waals surface area (Å²) in [6.07, 6.45) is 1.77. The molecule has 0 saturated heterocycles. The topological polar surface area (TPSA) is 82.2 Å². The number of hydrogen-bond donors (Lipinski definition) is 2. The Morgan fingerprint density at radius 1 is 1.40 bits per heavy atom. The van der Waals surface area contributed by atoms with Crippen molar-refractivity contribution in [2.24, 2.45) is 0 Å². The van der Waals surface area contributed by atoms with Gasteiger partial charge in [0.1, 0.15) is 5.75 Å². The third kappa shape index (κ3) is 2.90. The van der Waals surface area contributed by atoms with Gasteiger partial charge >= 0.3 is 0 Å². The summed E-state index contributed by atoms with van der Waals surface area (Å²) in [7, 11) is 1.56. The van der Waals surface area contributed by atoms with E-state index in [1.165, 1.54) is 0 Å². The molecule has 0 aliphatic carbocycles. The molecule has 106 valence electrons. The van der Waals surface area contributed by atoms with Crippen LogP contribution in [0.3, 0.4) is 0 Å². The minimum atomic E-state index is -0.302. The van der Waals surface area contributed by atoms with Gasteiger partial charge in [-0.3, -0.25) is 9.48 Å². The zero-order valence-electron chi connectivity index (χ0n) is 11.8. The van der Waals surface area contributed by atoms with E-state index < -0.39 is 0 Å². The number of nitrogens with one attached hydrogen (secondary N) is 1. The molecule has 0 spiro atoms. The maximum absolute atomic E-state index is 12.1. The van der Waals surface area contributed by atoms with Crippen molar-refractivity contribution in [3.05, 3.63) is 36.2 Å². The molecule has 2 rings (SSSR count). The highest BCUT2D eigenvalue weighted by atomic mass is 16.5. The molecule has 0 bridgehead atoms. The Kier molecular flexibility index (Phi) is 3.93. The number of nitrogens with zero attached hydrogens (tertiary/aromatic N) is 2. The van der Waals surface area contributed by atoms with Crippen LogP contribution in [0.15, 0.2) is 30.5 Å². The highest BCUT2D eigenvalue weighted by Gasteiger charge is 2.12. The maximum Gasteiger partial charge on any atom is 0.276 e. The number of aromatic nitrogens is 2. The number of amides is 1. The van der Waals surface area contributed by atoms with Gasteiger partial charge < -0.3 is 15.8 Å². The van der Waals surface area contributed by atoms with Gasteiger partial charge in [-0.1, -0.05) is 0 Å². The smallest absolute Gasteiger partial charge is 0.276 e. The van der Waals surface area contributed by atoms with Gasteiger partial charge in [0.05, 0.1) is 18.5 Å². The molecule has 0 aliphatic rings. The molecule has 6 heteroatoms. The lowest BCUT2D eigenvalue weighted by molar-refractivity contribution is 0.102. The van der Waals surface area contributed by atoms with Crippen molar-refractivity contribution >= 4 is 17.3 Å². The number of benzene rings is 1. The van der Waals surface area contributed by atoms with E-state index in [-0.39, 0.29) is 11.9 Å². The number of carbonyl (C=O) groups excluding carboxylic acids is 1. The summed E-state index contributed by atoms with van der Waals surface area (Å²) in [6.45, 7) is 3.99. The van der Waals surface area contributed by atoms with Crippen LogP contribution < -0.4 is 15.8 Å². The highest BCUT2D eigenvalue weighted by molar-refractivity contribution is 6.04. The molecular weight excluding hydrogens is 256 g/mol. The number of anilines is 2. The summed E-state index contributed by atoms with van der Waals surface area (Å²) >= 11 is 0. The lowest BCUT2D eigenvalue weighted by atomic mass is 10.2. The Balaban J connectivity index is 2.18. The summed E-state index contributed by atoms with van der Waals surface area (Å²) in [5.41, 5.74) is 7.16. The zero-order valence-corrected chi connectivity index (χ0v) is 11.8. The number of ether oxygens (including phenoxy) is 1. The van der Waals surface area contributed by atoms with Crippen LogP contribution in [-0.4, -0.2) is 22.8 Å². The van der Waals surface area contributed by atoms with E-state index in [1.807, 2.05) is 13.8 Å². The van der Waals surface area contributed by atoms with E-state index >= 15 is 0 Å². The van der Waals surface area contributed by atoms with Crippen molar-refractivity contribution in [2.75, 3.05) is 18.2 Å². The minimum Gasteiger partial charge on any atom is -0.497 e. The molecule has 6 nitrogen and oxygen atoms in total. The van der Waals surface area contributed by atoms with Gasteiger partial charge in [0, 0.05) is 18.3 Å². The first kappa shape index (κ1) is 13.9. The van der Waals surface area contributed by atoms with Crippen LogP contribution >= 0.6 is 0 Å². The normalized spacial score (nSPS) is 10.6. The summed E-state index contributed by atoms with van der Waals surface area (Å²) < 4.78 is 6.83. The van der Waals surface area contributed by atoms with Crippen LogP contribution in [-0.2, 0) is 0 Å². The van der Waals surface area contributed by atoms with Gasteiger partial charge in [-0.15, -0.1) is 0 Å². The third-order valence-electron chi connectivity index (χ3n) is 2.88. The fourth-order valence-electron chi connectivity index (χ4n) is 1.70. The third-order valence-corrected chi connectivity index (χ3v) is 2.88. The molecular formula is C14H18N4O2. The van der Waals surface area contributed by atoms with Gasteiger partial charge in [-0.25, -0.2) is 0 Å². The van der Waals surface area contributed by atoms with Gasteiger partial charge in [0.2, 0.25) is 0 Å². The average molecular weight is 274 g/mol. The molecule has 1 heterocycles. The Hall–Kier alpha value is -2.50. The largest absolute Gasteiger partial charge is 0.497 e. The van der Waals surface area contributed by atoms with Crippen LogP contribution in [0.1, 0.15) is 30.4 Å². The van der Waals surface area contributed by atoms with Crippen LogP contribution in [0.4, 0.5) is 11.4 Å². The SMILES string of the molecule is COc1ccc(N)c(NC(=O)c2ccn(C(C)C)n2)c1. The molecule has 1 aromatic heterocycles. The molecule has 0 atom stereocenters. The number of hydrogen-bond acceptors (Lipinski definition) is 4. The first-order chi connectivity index (χ1) is 9.51. The zero-order chi connectivity index (χ0) is 14.7. The molecule has 0 fully saturated rings. The molecule has 0 unspecified atom stereocenters. The van der Waals surface area contributed by atoms with E-state index in [1.54, 1.807) is 42.3 Å². The Labute approximate surface area is 117 Å². The van der Waals surface area contributed by atoms with E-state index in [9.17, 15) is 4.79 Å². The van der Waals surface area contributed by atoms with Crippen molar-refractivity contribution in [3.8, 4) is 5.75 Å². The maximum atomic E-state index is 12.1. The lowest BCUT2D eigenvalue weighted by Gasteiger charge is -2.09. The lowest BCUT2D eigenvalue weighted by Crippen LogP contribution is -2.15. The average Bonchev–Trinajstić information content (AvgIpc) is 2.91. The van der Waals surface area contributed by atoms with Crippen LogP contribution in [0.2, 0.25) is 0 Å².